The topological polar surface area (TPSA) is 51.1 Å². The molecule has 0 N–H and O–H groups in total. The summed E-state index contributed by atoms with van der Waals surface area (Å²) >= 11 is 0. The SMILES string of the molecule is CCc1nc(-c2ccccc2)nc(N2CCOCC2)n1. The van der Waals surface area contributed by atoms with E-state index in [-0.39, 0.29) is 0 Å². The maximum absolute atomic E-state index is 5.38. The van der Waals surface area contributed by atoms with Crippen LogP contribution in [-0.2, 0) is 11.2 Å². The van der Waals surface area contributed by atoms with Crippen LogP contribution < -0.4 is 4.90 Å². The molecule has 1 aliphatic heterocycles. The lowest BCUT2D eigenvalue weighted by Crippen LogP contribution is -2.37. The van der Waals surface area contributed by atoms with Crippen molar-refractivity contribution in [2.75, 3.05) is 31.2 Å². The lowest BCUT2D eigenvalue weighted by atomic mass is 10.2. The Bertz CT molecular complexity index is 567. The Labute approximate surface area is 118 Å². The van der Waals surface area contributed by atoms with Gasteiger partial charge < -0.3 is 9.64 Å². The van der Waals surface area contributed by atoms with Crippen molar-refractivity contribution in [3.05, 3.63) is 36.2 Å². The standard InChI is InChI=1S/C15H18N4O/c1-2-13-16-14(12-6-4-3-5-7-12)18-15(17-13)19-8-10-20-11-9-19/h3-7H,2,8-11H2,1H3. The van der Waals surface area contributed by atoms with Gasteiger partial charge in [-0.15, -0.1) is 0 Å². The van der Waals surface area contributed by atoms with Crippen molar-refractivity contribution in [1.82, 2.24) is 15.0 Å². The summed E-state index contributed by atoms with van der Waals surface area (Å²) < 4.78 is 5.38. The van der Waals surface area contributed by atoms with Gasteiger partial charge in [0.1, 0.15) is 5.82 Å². The largest absolute Gasteiger partial charge is 0.378 e. The van der Waals surface area contributed by atoms with Crippen LogP contribution in [0.1, 0.15) is 12.7 Å². The number of morpholine rings is 1. The molecular formula is C15H18N4O. The Kier molecular flexibility index (Phi) is 3.87. The van der Waals surface area contributed by atoms with Gasteiger partial charge >= 0.3 is 0 Å². The van der Waals surface area contributed by atoms with E-state index in [0.717, 1.165) is 55.9 Å². The third-order valence-corrected chi connectivity index (χ3v) is 3.31. The van der Waals surface area contributed by atoms with Gasteiger partial charge in [-0.2, -0.15) is 9.97 Å². The molecule has 2 aromatic rings. The zero-order valence-electron chi connectivity index (χ0n) is 11.6. The molecule has 104 valence electrons. The molecule has 0 atom stereocenters. The number of anilines is 1. The van der Waals surface area contributed by atoms with E-state index in [9.17, 15) is 0 Å². The third-order valence-electron chi connectivity index (χ3n) is 3.31. The Hall–Kier alpha value is -2.01. The number of benzene rings is 1. The van der Waals surface area contributed by atoms with Crippen molar-refractivity contribution in [1.29, 1.82) is 0 Å². The summed E-state index contributed by atoms with van der Waals surface area (Å²) in [6.45, 7) is 5.19. The van der Waals surface area contributed by atoms with Crippen LogP contribution in [0.3, 0.4) is 0 Å². The van der Waals surface area contributed by atoms with Crippen LogP contribution >= 0.6 is 0 Å². The minimum Gasteiger partial charge on any atom is -0.378 e. The predicted octanol–water partition coefficient (Wildman–Crippen LogP) is 1.94. The molecule has 1 aromatic heterocycles. The average molecular weight is 270 g/mol. The molecule has 0 amide bonds. The highest BCUT2D eigenvalue weighted by Gasteiger charge is 2.16. The zero-order chi connectivity index (χ0) is 13.8. The lowest BCUT2D eigenvalue weighted by Gasteiger charge is -2.27. The van der Waals surface area contributed by atoms with Crippen LogP contribution in [0.2, 0.25) is 0 Å². The van der Waals surface area contributed by atoms with Gasteiger partial charge in [0, 0.05) is 25.1 Å². The summed E-state index contributed by atoms with van der Waals surface area (Å²) in [7, 11) is 0. The second-order valence-electron chi connectivity index (χ2n) is 4.69. The molecule has 0 radical (unpaired) electrons. The average Bonchev–Trinajstić information content (AvgIpc) is 2.56. The van der Waals surface area contributed by atoms with Crippen LogP contribution in [0.4, 0.5) is 5.95 Å². The van der Waals surface area contributed by atoms with E-state index in [4.69, 9.17) is 4.74 Å². The van der Waals surface area contributed by atoms with Crippen LogP contribution in [-0.4, -0.2) is 41.3 Å². The molecule has 1 aromatic carbocycles. The Morgan fingerprint density at radius 1 is 1.05 bits per heavy atom. The van der Waals surface area contributed by atoms with Gasteiger partial charge in [0.2, 0.25) is 5.95 Å². The molecule has 0 aliphatic carbocycles. The van der Waals surface area contributed by atoms with E-state index in [1.54, 1.807) is 0 Å². The van der Waals surface area contributed by atoms with E-state index in [1.807, 2.05) is 30.3 Å². The number of nitrogens with zero attached hydrogens (tertiary/aromatic N) is 4. The molecular weight excluding hydrogens is 252 g/mol. The highest BCUT2D eigenvalue weighted by Crippen LogP contribution is 2.18. The van der Waals surface area contributed by atoms with Crippen LogP contribution in [0, 0.1) is 0 Å². The van der Waals surface area contributed by atoms with E-state index in [1.165, 1.54) is 0 Å². The zero-order valence-corrected chi connectivity index (χ0v) is 11.6. The Balaban J connectivity index is 1.98. The van der Waals surface area contributed by atoms with E-state index >= 15 is 0 Å². The fourth-order valence-corrected chi connectivity index (χ4v) is 2.19. The minimum atomic E-state index is 0.730. The van der Waals surface area contributed by atoms with Crippen LogP contribution in [0.5, 0.6) is 0 Å². The molecule has 3 rings (SSSR count). The van der Waals surface area contributed by atoms with Gasteiger partial charge in [-0.3, -0.25) is 0 Å². The number of hydrogen-bond donors (Lipinski definition) is 0. The Morgan fingerprint density at radius 2 is 1.80 bits per heavy atom. The van der Waals surface area contributed by atoms with Crippen molar-refractivity contribution >= 4 is 5.95 Å². The highest BCUT2D eigenvalue weighted by molar-refractivity contribution is 5.56. The molecule has 0 bridgehead atoms. The molecule has 5 nitrogen and oxygen atoms in total. The number of aromatic nitrogens is 3. The summed E-state index contributed by atoms with van der Waals surface area (Å²) in [5, 5.41) is 0. The predicted molar refractivity (Wildman–Crippen MR) is 77.7 cm³/mol. The van der Waals surface area contributed by atoms with E-state index in [2.05, 4.69) is 26.8 Å². The van der Waals surface area contributed by atoms with E-state index in [0.29, 0.717) is 0 Å². The molecule has 2 heterocycles. The first kappa shape index (κ1) is 13.0. The Morgan fingerprint density at radius 3 is 2.50 bits per heavy atom. The smallest absolute Gasteiger partial charge is 0.229 e. The fraction of sp³-hybridized carbons (Fsp3) is 0.400. The van der Waals surface area contributed by atoms with E-state index < -0.39 is 0 Å². The molecule has 1 aliphatic rings. The lowest BCUT2D eigenvalue weighted by molar-refractivity contribution is 0.122. The minimum absolute atomic E-state index is 0.730. The highest BCUT2D eigenvalue weighted by atomic mass is 16.5. The van der Waals surface area contributed by atoms with Crippen molar-refractivity contribution in [3.8, 4) is 11.4 Å². The molecule has 0 saturated carbocycles. The summed E-state index contributed by atoms with van der Waals surface area (Å²) in [5.41, 5.74) is 1.03. The van der Waals surface area contributed by atoms with Gasteiger partial charge in [0.05, 0.1) is 13.2 Å². The van der Waals surface area contributed by atoms with Gasteiger partial charge in [0.15, 0.2) is 5.82 Å². The summed E-state index contributed by atoms with van der Waals surface area (Å²) in [5.74, 6) is 2.35. The fourth-order valence-electron chi connectivity index (χ4n) is 2.19. The summed E-state index contributed by atoms with van der Waals surface area (Å²) in [6, 6.07) is 10.0. The molecule has 0 unspecified atom stereocenters. The van der Waals surface area contributed by atoms with Crippen molar-refractivity contribution in [2.45, 2.75) is 13.3 Å². The van der Waals surface area contributed by atoms with Crippen molar-refractivity contribution < 1.29 is 4.74 Å². The number of hydrogen-bond acceptors (Lipinski definition) is 5. The summed E-state index contributed by atoms with van der Waals surface area (Å²) in [4.78, 5) is 15.9. The van der Waals surface area contributed by atoms with Crippen molar-refractivity contribution in [3.63, 3.8) is 0 Å². The number of ether oxygens (including phenoxy) is 1. The van der Waals surface area contributed by atoms with Gasteiger partial charge in [-0.25, -0.2) is 4.98 Å². The first-order valence-electron chi connectivity index (χ1n) is 7.00. The maximum atomic E-state index is 5.38. The van der Waals surface area contributed by atoms with Crippen molar-refractivity contribution in [2.24, 2.45) is 0 Å². The molecule has 1 fully saturated rings. The first-order valence-corrected chi connectivity index (χ1v) is 7.00. The molecule has 0 spiro atoms. The molecule has 1 saturated heterocycles. The maximum Gasteiger partial charge on any atom is 0.229 e. The van der Waals surface area contributed by atoms with Crippen LogP contribution in [0.25, 0.3) is 11.4 Å². The second kappa shape index (κ2) is 5.96. The second-order valence-corrected chi connectivity index (χ2v) is 4.69. The number of aryl methyl sites for hydroxylation is 1. The quantitative estimate of drug-likeness (QED) is 0.853. The van der Waals surface area contributed by atoms with Gasteiger partial charge in [-0.1, -0.05) is 37.3 Å². The monoisotopic (exact) mass is 270 g/mol. The first-order chi connectivity index (χ1) is 9.86. The van der Waals surface area contributed by atoms with Gasteiger partial charge in [0.25, 0.3) is 0 Å². The third kappa shape index (κ3) is 2.77. The molecule has 20 heavy (non-hydrogen) atoms. The van der Waals surface area contributed by atoms with Crippen LogP contribution in [0.15, 0.2) is 30.3 Å². The van der Waals surface area contributed by atoms with Gasteiger partial charge in [-0.05, 0) is 0 Å². The summed E-state index contributed by atoms with van der Waals surface area (Å²) in [6.07, 6.45) is 0.805. The molecule has 5 heteroatoms. The normalized spacial score (nSPS) is 15.3. The number of rotatable bonds is 3.